The molecule has 0 unspecified atom stereocenters. The van der Waals surface area contributed by atoms with Gasteiger partial charge in [-0.2, -0.15) is 5.10 Å². The van der Waals surface area contributed by atoms with Gasteiger partial charge in [0.2, 0.25) is 0 Å². The average Bonchev–Trinajstić information content (AvgIpc) is 3.75. The number of methoxy groups -OCH3 is 1. The highest BCUT2D eigenvalue weighted by Gasteiger charge is 2.33. The summed E-state index contributed by atoms with van der Waals surface area (Å²) in [4.78, 5) is 37.9. The third-order valence-corrected chi connectivity index (χ3v) is 8.80. The fraction of sp³-hybridized carbons (Fsp3) is 0.250. The molecule has 42 heavy (non-hydrogen) atoms. The van der Waals surface area contributed by atoms with E-state index in [1.165, 1.54) is 36.9 Å². The van der Waals surface area contributed by atoms with Gasteiger partial charge in [-0.25, -0.2) is 5.01 Å². The van der Waals surface area contributed by atoms with Crippen molar-refractivity contribution in [2.24, 2.45) is 12.1 Å². The van der Waals surface area contributed by atoms with Crippen molar-refractivity contribution in [1.82, 2.24) is 25.1 Å². The van der Waals surface area contributed by atoms with Crippen LogP contribution < -0.4 is 10.1 Å². The number of hydrazone groups is 1. The molecule has 0 saturated carbocycles. The molecule has 3 heterocycles. The summed E-state index contributed by atoms with van der Waals surface area (Å²) in [6, 6.07) is 15.7. The molecule has 14 heteroatoms. The van der Waals surface area contributed by atoms with Crippen LogP contribution in [-0.4, -0.2) is 55.1 Å². The number of ether oxygens (including phenoxy) is 1. The molecule has 2 aromatic carbocycles. The van der Waals surface area contributed by atoms with E-state index in [0.717, 1.165) is 21.9 Å². The summed E-state index contributed by atoms with van der Waals surface area (Å²) in [5.41, 5.74) is 2.20. The first-order valence-corrected chi connectivity index (χ1v) is 14.7. The first kappa shape index (κ1) is 29.0. The van der Waals surface area contributed by atoms with Crippen LogP contribution in [0.5, 0.6) is 5.75 Å². The van der Waals surface area contributed by atoms with Crippen molar-refractivity contribution in [1.29, 1.82) is 0 Å². The van der Waals surface area contributed by atoms with E-state index < -0.39 is 10.8 Å². The lowest BCUT2D eigenvalue weighted by molar-refractivity contribution is -0.385. The molecule has 1 aliphatic heterocycles. The zero-order valence-electron chi connectivity index (χ0n) is 23.0. The van der Waals surface area contributed by atoms with Gasteiger partial charge in [-0.05, 0) is 42.1 Å². The number of carbonyl (C=O) groups excluding carboxylic acids is 2. The first-order valence-electron chi connectivity index (χ1n) is 12.9. The van der Waals surface area contributed by atoms with Gasteiger partial charge in [0.1, 0.15) is 5.75 Å². The Labute approximate surface area is 249 Å². The maximum atomic E-state index is 13.5. The van der Waals surface area contributed by atoms with Crippen LogP contribution in [-0.2, 0) is 18.4 Å². The number of thiophene rings is 1. The van der Waals surface area contributed by atoms with Gasteiger partial charge < -0.3 is 14.6 Å². The maximum absolute atomic E-state index is 13.5. The number of hydrogen-bond donors (Lipinski definition) is 1. The number of nitro groups is 1. The lowest BCUT2D eigenvalue weighted by Gasteiger charge is -2.22. The van der Waals surface area contributed by atoms with E-state index in [-0.39, 0.29) is 41.1 Å². The minimum atomic E-state index is -0.519. The topological polar surface area (TPSA) is 145 Å². The molecule has 0 spiro atoms. The van der Waals surface area contributed by atoms with Gasteiger partial charge in [0, 0.05) is 30.7 Å². The number of thioether (sulfide) groups is 1. The second-order valence-electron chi connectivity index (χ2n) is 9.39. The Kier molecular flexibility index (Phi) is 8.64. The highest BCUT2D eigenvalue weighted by molar-refractivity contribution is 7.99. The van der Waals surface area contributed by atoms with E-state index >= 15 is 0 Å². The number of nitrogens with zero attached hydrogens (tertiary/aromatic N) is 6. The average molecular weight is 606 g/mol. The molecule has 1 atom stereocenters. The van der Waals surface area contributed by atoms with E-state index in [9.17, 15) is 19.7 Å². The van der Waals surface area contributed by atoms with Crippen LogP contribution in [0.15, 0.2) is 70.2 Å². The maximum Gasteiger partial charge on any atom is 0.273 e. The Morgan fingerprint density at radius 2 is 1.95 bits per heavy atom. The van der Waals surface area contributed by atoms with Crippen molar-refractivity contribution in [2.75, 3.05) is 12.9 Å². The number of aromatic nitrogens is 3. The molecular formula is C28H27N7O5S2. The Morgan fingerprint density at radius 1 is 1.17 bits per heavy atom. The van der Waals surface area contributed by atoms with Crippen molar-refractivity contribution < 1.29 is 19.2 Å². The molecule has 0 saturated heterocycles. The van der Waals surface area contributed by atoms with Crippen molar-refractivity contribution in [2.45, 2.75) is 31.1 Å². The highest BCUT2D eigenvalue weighted by Crippen LogP contribution is 2.35. The van der Waals surface area contributed by atoms with Gasteiger partial charge in [0.15, 0.2) is 11.0 Å². The van der Waals surface area contributed by atoms with E-state index in [2.05, 4.69) is 15.5 Å². The molecule has 0 aliphatic carbocycles. The van der Waals surface area contributed by atoms with Gasteiger partial charge in [0.05, 0.1) is 41.0 Å². The van der Waals surface area contributed by atoms with Gasteiger partial charge in [-0.1, -0.05) is 36.0 Å². The number of amides is 2. The van der Waals surface area contributed by atoms with Gasteiger partial charge in [-0.15, -0.1) is 21.5 Å². The molecule has 0 radical (unpaired) electrons. The molecule has 2 amide bonds. The fourth-order valence-corrected chi connectivity index (χ4v) is 6.06. The molecule has 1 N–H and O–H groups in total. The van der Waals surface area contributed by atoms with Crippen molar-refractivity contribution in [3.05, 3.63) is 97.5 Å². The van der Waals surface area contributed by atoms with Crippen molar-refractivity contribution in [3.63, 3.8) is 0 Å². The number of hydrogen-bond acceptors (Lipinski definition) is 10. The van der Waals surface area contributed by atoms with Crippen LogP contribution >= 0.6 is 23.1 Å². The number of rotatable bonds is 10. The van der Waals surface area contributed by atoms with E-state index in [4.69, 9.17) is 9.84 Å². The predicted molar refractivity (Wildman–Crippen MR) is 159 cm³/mol. The zero-order valence-corrected chi connectivity index (χ0v) is 24.6. The third kappa shape index (κ3) is 6.04. The van der Waals surface area contributed by atoms with E-state index in [1.54, 1.807) is 35.1 Å². The van der Waals surface area contributed by atoms with Crippen LogP contribution in [0.1, 0.15) is 44.6 Å². The van der Waals surface area contributed by atoms with E-state index in [0.29, 0.717) is 17.4 Å². The highest BCUT2D eigenvalue weighted by atomic mass is 32.2. The molecule has 5 rings (SSSR count). The Morgan fingerprint density at radius 3 is 2.64 bits per heavy atom. The Balaban J connectivity index is 1.25. The standard InChI is InChI=1S/C28H27N7O5S2/c1-17-20(6-4-7-22(17)35(38)39)27(37)29-15-25-30-31-28(33(25)2)42-16-26(36)34-23(18-9-11-19(40-3)12-10-18)14-21(32-34)24-8-5-13-41-24/h4-13,23H,14-16H2,1-3H3,(H,29,37)/t23-/m1/s1. The van der Waals surface area contributed by atoms with Crippen molar-refractivity contribution >= 4 is 46.3 Å². The quantitative estimate of drug-likeness (QED) is 0.158. The largest absolute Gasteiger partial charge is 0.497 e. The van der Waals surface area contributed by atoms with Crippen LogP contribution in [0.25, 0.3) is 0 Å². The molecule has 4 aromatic rings. The number of carbonyl (C=O) groups is 2. The first-order chi connectivity index (χ1) is 20.3. The lowest BCUT2D eigenvalue weighted by Crippen LogP contribution is -2.28. The summed E-state index contributed by atoms with van der Waals surface area (Å²) in [7, 11) is 3.36. The van der Waals surface area contributed by atoms with Crippen LogP contribution in [0.3, 0.4) is 0 Å². The third-order valence-electron chi connectivity index (χ3n) is 6.88. The zero-order chi connectivity index (χ0) is 29.8. The molecular weight excluding hydrogens is 578 g/mol. The van der Waals surface area contributed by atoms with Gasteiger partial charge in [0.25, 0.3) is 17.5 Å². The Hall–Kier alpha value is -4.56. The molecule has 12 nitrogen and oxygen atoms in total. The smallest absolute Gasteiger partial charge is 0.273 e. The number of nitro benzene ring substituents is 1. The summed E-state index contributed by atoms with van der Waals surface area (Å²) in [5, 5.41) is 31.0. The summed E-state index contributed by atoms with van der Waals surface area (Å²) in [6.45, 7) is 1.59. The van der Waals surface area contributed by atoms with Crippen LogP contribution in [0.2, 0.25) is 0 Å². The van der Waals surface area contributed by atoms with Crippen LogP contribution in [0, 0.1) is 17.0 Å². The van der Waals surface area contributed by atoms with E-state index in [1.807, 2.05) is 41.8 Å². The van der Waals surface area contributed by atoms with Crippen LogP contribution in [0.4, 0.5) is 5.69 Å². The second kappa shape index (κ2) is 12.5. The SMILES string of the molecule is COc1ccc([C@H]2CC(c3cccs3)=NN2C(=O)CSc2nnc(CNC(=O)c3cccc([N+](=O)[O-])c3C)n2C)cc1. The summed E-state index contributed by atoms with van der Waals surface area (Å²) >= 11 is 2.81. The van der Waals surface area contributed by atoms with Crippen molar-refractivity contribution in [3.8, 4) is 5.75 Å². The minimum absolute atomic E-state index is 0.0547. The molecule has 216 valence electrons. The molecule has 2 aromatic heterocycles. The normalized spacial score (nSPS) is 14.5. The molecule has 0 bridgehead atoms. The fourth-order valence-electron chi connectivity index (χ4n) is 4.56. The molecule has 0 fully saturated rings. The summed E-state index contributed by atoms with van der Waals surface area (Å²) < 4.78 is 6.98. The molecule has 1 aliphatic rings. The van der Waals surface area contributed by atoms with Gasteiger partial charge >= 0.3 is 0 Å². The summed E-state index contributed by atoms with van der Waals surface area (Å²) in [6.07, 6.45) is 0.598. The Bertz CT molecular complexity index is 1650. The summed E-state index contributed by atoms with van der Waals surface area (Å²) in [5.74, 6) is 0.655. The number of benzene rings is 2. The predicted octanol–water partition coefficient (Wildman–Crippen LogP) is 4.50. The monoisotopic (exact) mass is 605 g/mol. The lowest BCUT2D eigenvalue weighted by atomic mass is 10.0. The second-order valence-corrected chi connectivity index (χ2v) is 11.3. The minimum Gasteiger partial charge on any atom is -0.497 e. The van der Waals surface area contributed by atoms with Gasteiger partial charge in [-0.3, -0.25) is 19.7 Å². The number of nitrogens with one attached hydrogen (secondary N) is 1.